The molecule has 0 bridgehead atoms. The van der Waals surface area contributed by atoms with E-state index in [4.69, 9.17) is 16.4 Å². The number of carbonyl (C=O) groups excluding carboxylic acids is 3. The van der Waals surface area contributed by atoms with Crippen LogP contribution in [0.15, 0.2) is 53.4 Å². The monoisotopic (exact) mass is 361 g/mol. The number of thioether (sulfide) groups is 1. The van der Waals surface area contributed by atoms with E-state index in [0.29, 0.717) is 15.8 Å². The summed E-state index contributed by atoms with van der Waals surface area (Å²) in [5.41, 5.74) is 0.483. The van der Waals surface area contributed by atoms with Crippen molar-refractivity contribution in [1.82, 2.24) is 5.06 Å². The first-order chi connectivity index (χ1) is 11.6. The Hall–Kier alpha value is -2.31. The van der Waals surface area contributed by atoms with Gasteiger partial charge in [0.25, 0.3) is 11.8 Å². The Balaban J connectivity index is 1.53. The van der Waals surface area contributed by atoms with Crippen LogP contribution in [-0.2, 0) is 9.63 Å². The number of imide groups is 1. The second-order valence-electron chi connectivity index (χ2n) is 4.97. The van der Waals surface area contributed by atoms with Crippen molar-refractivity contribution in [1.29, 1.82) is 0 Å². The van der Waals surface area contributed by atoms with Gasteiger partial charge in [-0.1, -0.05) is 28.8 Å². The lowest BCUT2D eigenvalue weighted by atomic mass is 10.1. The molecule has 0 saturated carbocycles. The number of hydroxylamine groups is 2. The van der Waals surface area contributed by atoms with Gasteiger partial charge in [-0.05, 0) is 36.4 Å². The Labute approximate surface area is 147 Å². The van der Waals surface area contributed by atoms with Gasteiger partial charge < -0.3 is 4.84 Å². The van der Waals surface area contributed by atoms with Gasteiger partial charge in [-0.2, -0.15) is 0 Å². The molecule has 0 fully saturated rings. The van der Waals surface area contributed by atoms with Crippen molar-refractivity contribution >= 4 is 41.1 Å². The van der Waals surface area contributed by atoms with Gasteiger partial charge in [0, 0.05) is 15.7 Å². The summed E-state index contributed by atoms with van der Waals surface area (Å²) in [6, 6.07) is 13.6. The third kappa shape index (κ3) is 3.44. The summed E-state index contributed by atoms with van der Waals surface area (Å²) in [5.74, 6) is -1.40. The predicted molar refractivity (Wildman–Crippen MR) is 89.8 cm³/mol. The first-order valence-corrected chi connectivity index (χ1v) is 8.49. The zero-order valence-corrected chi connectivity index (χ0v) is 14.0. The van der Waals surface area contributed by atoms with E-state index in [9.17, 15) is 14.4 Å². The molecule has 7 heteroatoms. The zero-order chi connectivity index (χ0) is 17.1. The number of benzene rings is 2. The molecule has 0 saturated heterocycles. The van der Waals surface area contributed by atoms with Crippen LogP contribution in [0.3, 0.4) is 0 Å². The van der Waals surface area contributed by atoms with Gasteiger partial charge >= 0.3 is 5.97 Å². The average molecular weight is 362 g/mol. The topological polar surface area (TPSA) is 63.7 Å². The van der Waals surface area contributed by atoms with E-state index >= 15 is 0 Å². The van der Waals surface area contributed by atoms with E-state index in [1.54, 1.807) is 24.3 Å². The minimum atomic E-state index is -0.633. The molecule has 3 rings (SSSR count). The van der Waals surface area contributed by atoms with Gasteiger partial charge in [0.1, 0.15) is 0 Å². The van der Waals surface area contributed by atoms with E-state index in [2.05, 4.69) is 0 Å². The van der Waals surface area contributed by atoms with Gasteiger partial charge in [-0.3, -0.25) is 9.59 Å². The van der Waals surface area contributed by atoms with E-state index in [0.717, 1.165) is 4.90 Å². The molecule has 122 valence electrons. The number of rotatable bonds is 5. The quantitative estimate of drug-likeness (QED) is 0.601. The van der Waals surface area contributed by atoms with Crippen molar-refractivity contribution in [2.75, 3.05) is 5.75 Å². The molecule has 0 spiro atoms. The average Bonchev–Trinajstić information content (AvgIpc) is 2.82. The SMILES string of the molecule is O=C(CCSc1ccc(Cl)cc1)ON1C(=O)c2ccccc2C1=O. The molecule has 2 amide bonds. The fourth-order valence-corrected chi connectivity index (χ4v) is 3.14. The van der Waals surface area contributed by atoms with E-state index in [1.807, 2.05) is 12.1 Å². The number of hydrogen-bond acceptors (Lipinski definition) is 5. The highest BCUT2D eigenvalue weighted by Crippen LogP contribution is 2.24. The maximum Gasteiger partial charge on any atom is 0.334 e. The lowest BCUT2D eigenvalue weighted by molar-refractivity contribution is -0.167. The predicted octanol–water partition coefficient (Wildman–Crippen LogP) is 3.58. The number of halogens is 1. The standard InChI is InChI=1S/C17H12ClNO4S/c18-11-5-7-12(8-6-11)24-10-9-15(20)23-19-16(21)13-3-1-2-4-14(13)17(19)22/h1-8H,9-10H2. The van der Waals surface area contributed by atoms with E-state index in [-0.39, 0.29) is 17.5 Å². The molecule has 0 aromatic heterocycles. The van der Waals surface area contributed by atoms with Gasteiger partial charge in [-0.15, -0.1) is 11.8 Å². The van der Waals surface area contributed by atoms with Crippen molar-refractivity contribution in [3.8, 4) is 0 Å². The third-order valence-corrected chi connectivity index (χ3v) is 4.60. The van der Waals surface area contributed by atoms with Gasteiger partial charge in [0.2, 0.25) is 0 Å². The highest BCUT2D eigenvalue weighted by atomic mass is 35.5. The number of carbonyl (C=O) groups is 3. The van der Waals surface area contributed by atoms with Gasteiger partial charge in [-0.25, -0.2) is 4.79 Å². The van der Waals surface area contributed by atoms with Crippen molar-refractivity contribution in [3.05, 3.63) is 64.7 Å². The van der Waals surface area contributed by atoms with Crippen LogP contribution in [0.25, 0.3) is 0 Å². The van der Waals surface area contributed by atoms with Crippen LogP contribution in [-0.4, -0.2) is 28.6 Å². The summed E-state index contributed by atoms with van der Waals surface area (Å²) >= 11 is 7.26. The number of hydrogen-bond donors (Lipinski definition) is 0. The largest absolute Gasteiger partial charge is 0.334 e. The zero-order valence-electron chi connectivity index (χ0n) is 12.4. The van der Waals surface area contributed by atoms with Crippen LogP contribution in [0.5, 0.6) is 0 Å². The Kier molecular flexibility index (Phi) is 4.87. The van der Waals surface area contributed by atoms with Crippen molar-refractivity contribution in [2.24, 2.45) is 0 Å². The van der Waals surface area contributed by atoms with Crippen LogP contribution in [0.1, 0.15) is 27.1 Å². The number of nitrogens with zero attached hydrogens (tertiary/aromatic N) is 1. The number of amides is 2. The molecule has 5 nitrogen and oxygen atoms in total. The molecule has 1 heterocycles. The fraction of sp³-hybridized carbons (Fsp3) is 0.118. The first-order valence-electron chi connectivity index (χ1n) is 7.13. The van der Waals surface area contributed by atoms with Crippen molar-refractivity contribution in [3.63, 3.8) is 0 Å². The molecule has 1 aliphatic rings. The molecule has 0 radical (unpaired) electrons. The summed E-state index contributed by atoms with van der Waals surface area (Å²) in [4.78, 5) is 41.9. The molecule has 0 unspecified atom stereocenters. The second kappa shape index (κ2) is 7.07. The summed E-state index contributed by atoms with van der Waals surface area (Å²) in [5, 5.41) is 1.17. The molecule has 0 N–H and O–H groups in total. The molecule has 0 aliphatic carbocycles. The number of fused-ring (bicyclic) bond motifs is 1. The molecular weight excluding hydrogens is 350 g/mol. The molecule has 0 atom stereocenters. The maximum atomic E-state index is 12.1. The minimum absolute atomic E-state index is 0.0701. The Morgan fingerprint density at radius 1 is 1.00 bits per heavy atom. The smallest absolute Gasteiger partial charge is 0.330 e. The molecule has 2 aromatic carbocycles. The normalized spacial score (nSPS) is 13.1. The highest BCUT2D eigenvalue weighted by molar-refractivity contribution is 7.99. The van der Waals surface area contributed by atoms with Crippen LogP contribution >= 0.6 is 23.4 Å². The van der Waals surface area contributed by atoms with Crippen LogP contribution in [0.2, 0.25) is 5.02 Å². The second-order valence-corrected chi connectivity index (χ2v) is 6.57. The lowest BCUT2D eigenvalue weighted by Crippen LogP contribution is -2.32. The van der Waals surface area contributed by atoms with E-state index in [1.165, 1.54) is 23.9 Å². The molecule has 2 aromatic rings. The molecular formula is C17H12ClNO4S. The summed E-state index contributed by atoms with van der Waals surface area (Å²) < 4.78 is 0. The lowest BCUT2D eigenvalue weighted by Gasteiger charge is -2.12. The summed E-state index contributed by atoms with van der Waals surface area (Å²) in [6.07, 6.45) is 0.0701. The molecule has 1 aliphatic heterocycles. The summed E-state index contributed by atoms with van der Waals surface area (Å²) in [7, 11) is 0. The van der Waals surface area contributed by atoms with Gasteiger partial charge in [0.05, 0.1) is 17.5 Å². The van der Waals surface area contributed by atoms with Crippen molar-refractivity contribution < 1.29 is 19.2 Å². The fourth-order valence-electron chi connectivity index (χ4n) is 2.18. The van der Waals surface area contributed by atoms with Crippen LogP contribution in [0, 0.1) is 0 Å². The minimum Gasteiger partial charge on any atom is -0.330 e. The van der Waals surface area contributed by atoms with E-state index < -0.39 is 17.8 Å². The maximum absolute atomic E-state index is 12.1. The Bertz CT molecular complexity index is 771. The molecule has 24 heavy (non-hydrogen) atoms. The first kappa shape index (κ1) is 16.5. The summed E-state index contributed by atoms with van der Waals surface area (Å²) in [6.45, 7) is 0. The van der Waals surface area contributed by atoms with Crippen LogP contribution < -0.4 is 0 Å². The Morgan fingerprint density at radius 3 is 2.17 bits per heavy atom. The van der Waals surface area contributed by atoms with Crippen LogP contribution in [0.4, 0.5) is 0 Å². The highest BCUT2D eigenvalue weighted by Gasteiger charge is 2.38. The van der Waals surface area contributed by atoms with Gasteiger partial charge in [0.15, 0.2) is 0 Å². The third-order valence-electron chi connectivity index (χ3n) is 3.34. The Morgan fingerprint density at radius 2 is 1.58 bits per heavy atom. The van der Waals surface area contributed by atoms with Crippen molar-refractivity contribution in [2.45, 2.75) is 11.3 Å².